The molecule has 1 N–H and O–H groups in total. The van der Waals surface area contributed by atoms with Crippen LogP contribution in [-0.2, 0) is 11.3 Å². The number of aliphatic hydroxyl groups excluding tert-OH is 1. The Morgan fingerprint density at radius 3 is 2.48 bits per heavy atom. The molecule has 0 spiro atoms. The first-order valence-electron chi connectivity index (χ1n) is 9.03. The minimum absolute atomic E-state index is 0.269. The predicted molar refractivity (Wildman–Crippen MR) is 98.6 cm³/mol. The number of hydrogen-bond donors (Lipinski definition) is 1. The van der Waals surface area contributed by atoms with E-state index in [1.807, 2.05) is 36.4 Å². The van der Waals surface area contributed by atoms with Crippen molar-refractivity contribution < 1.29 is 14.6 Å². The van der Waals surface area contributed by atoms with Gasteiger partial charge in [0, 0.05) is 26.2 Å². The van der Waals surface area contributed by atoms with E-state index < -0.39 is 6.10 Å². The molecule has 1 saturated heterocycles. The van der Waals surface area contributed by atoms with E-state index in [1.54, 1.807) is 0 Å². The van der Waals surface area contributed by atoms with Crippen molar-refractivity contribution in [3.8, 4) is 5.75 Å². The quantitative estimate of drug-likeness (QED) is 0.761. The first-order chi connectivity index (χ1) is 12.3. The fourth-order valence-corrected chi connectivity index (χ4v) is 3.18. The van der Waals surface area contributed by atoms with Crippen molar-refractivity contribution in [2.24, 2.45) is 0 Å². The van der Waals surface area contributed by atoms with Gasteiger partial charge in [-0.2, -0.15) is 0 Å². The molecule has 2 aromatic rings. The summed E-state index contributed by atoms with van der Waals surface area (Å²) in [5, 5.41) is 10.4. The van der Waals surface area contributed by atoms with Gasteiger partial charge in [-0.1, -0.05) is 48.5 Å². The number of rotatable bonds is 9. The highest BCUT2D eigenvalue weighted by Gasteiger charge is 2.21. The maximum Gasteiger partial charge on any atom is 0.119 e. The zero-order valence-electron chi connectivity index (χ0n) is 14.6. The number of hydrogen-bond acceptors (Lipinski definition) is 4. The van der Waals surface area contributed by atoms with E-state index in [-0.39, 0.29) is 6.10 Å². The van der Waals surface area contributed by atoms with Gasteiger partial charge in [-0.05, 0) is 30.5 Å². The molecule has 1 aliphatic rings. The lowest BCUT2D eigenvalue weighted by Crippen LogP contribution is -2.39. The number of benzene rings is 2. The van der Waals surface area contributed by atoms with E-state index in [1.165, 1.54) is 5.56 Å². The summed E-state index contributed by atoms with van der Waals surface area (Å²) in [6, 6.07) is 20.0. The fourth-order valence-electron chi connectivity index (χ4n) is 3.18. The van der Waals surface area contributed by atoms with Gasteiger partial charge in [-0.15, -0.1) is 0 Å². The number of para-hydroxylation sites is 1. The lowest BCUT2D eigenvalue weighted by molar-refractivity contribution is 0.0313. The van der Waals surface area contributed by atoms with Crippen LogP contribution in [-0.4, -0.2) is 48.5 Å². The van der Waals surface area contributed by atoms with Crippen molar-refractivity contribution >= 4 is 0 Å². The molecule has 2 aromatic carbocycles. The molecule has 0 bridgehead atoms. The largest absolute Gasteiger partial charge is 0.491 e. The van der Waals surface area contributed by atoms with Gasteiger partial charge >= 0.3 is 0 Å². The molecular weight excluding hydrogens is 314 g/mol. The molecule has 0 radical (unpaired) electrons. The Hall–Kier alpha value is -1.88. The minimum Gasteiger partial charge on any atom is -0.491 e. The predicted octanol–water partition coefficient (Wildman–Crippen LogP) is 3.11. The Bertz CT molecular complexity index is 599. The Kier molecular flexibility index (Phi) is 6.86. The summed E-state index contributed by atoms with van der Waals surface area (Å²) in [5.74, 6) is 0.787. The van der Waals surface area contributed by atoms with Crippen molar-refractivity contribution in [2.45, 2.75) is 31.6 Å². The van der Waals surface area contributed by atoms with Gasteiger partial charge in [0.25, 0.3) is 0 Å². The second-order valence-corrected chi connectivity index (χ2v) is 6.59. The summed E-state index contributed by atoms with van der Waals surface area (Å²) in [5.41, 5.74) is 1.25. The molecule has 2 atom stereocenters. The molecule has 0 unspecified atom stereocenters. The summed E-state index contributed by atoms with van der Waals surface area (Å²) in [6.07, 6.45) is 1.96. The highest BCUT2D eigenvalue weighted by atomic mass is 16.5. The summed E-state index contributed by atoms with van der Waals surface area (Å²) >= 11 is 0. The van der Waals surface area contributed by atoms with Crippen LogP contribution in [0.25, 0.3) is 0 Å². The average Bonchev–Trinajstić information content (AvgIpc) is 3.15. The van der Waals surface area contributed by atoms with E-state index in [2.05, 4.69) is 29.2 Å². The number of aliphatic hydroxyl groups is 1. The Morgan fingerprint density at radius 1 is 1.08 bits per heavy atom. The zero-order chi connectivity index (χ0) is 17.3. The monoisotopic (exact) mass is 341 g/mol. The van der Waals surface area contributed by atoms with E-state index in [9.17, 15) is 5.11 Å². The van der Waals surface area contributed by atoms with Crippen molar-refractivity contribution in [3.05, 3.63) is 66.2 Å². The van der Waals surface area contributed by atoms with E-state index >= 15 is 0 Å². The Labute approximate surface area is 150 Å². The van der Waals surface area contributed by atoms with Gasteiger partial charge in [0.1, 0.15) is 18.5 Å². The smallest absolute Gasteiger partial charge is 0.119 e. The van der Waals surface area contributed by atoms with Crippen LogP contribution in [0.2, 0.25) is 0 Å². The van der Waals surface area contributed by atoms with Gasteiger partial charge in [-0.3, -0.25) is 4.90 Å². The molecule has 25 heavy (non-hydrogen) atoms. The lowest BCUT2D eigenvalue weighted by atomic mass is 10.1. The second-order valence-electron chi connectivity index (χ2n) is 6.59. The molecule has 1 aliphatic heterocycles. The van der Waals surface area contributed by atoms with Crippen LogP contribution in [0.3, 0.4) is 0 Å². The highest BCUT2D eigenvalue weighted by molar-refractivity contribution is 5.21. The van der Waals surface area contributed by atoms with E-state index in [0.29, 0.717) is 13.2 Å². The summed E-state index contributed by atoms with van der Waals surface area (Å²) < 4.78 is 11.5. The number of ether oxygens (including phenoxy) is 2. The van der Waals surface area contributed by atoms with Gasteiger partial charge in [0.15, 0.2) is 0 Å². The summed E-state index contributed by atoms with van der Waals surface area (Å²) in [6.45, 7) is 3.37. The third-order valence-electron chi connectivity index (χ3n) is 4.39. The third-order valence-corrected chi connectivity index (χ3v) is 4.39. The summed E-state index contributed by atoms with van der Waals surface area (Å²) in [7, 11) is 0. The minimum atomic E-state index is -0.537. The Balaban J connectivity index is 1.53. The third kappa shape index (κ3) is 6.16. The Morgan fingerprint density at radius 2 is 1.80 bits per heavy atom. The van der Waals surface area contributed by atoms with E-state index in [4.69, 9.17) is 9.47 Å². The first-order valence-corrected chi connectivity index (χ1v) is 9.03. The van der Waals surface area contributed by atoms with Crippen LogP contribution in [0.4, 0.5) is 0 Å². The van der Waals surface area contributed by atoms with Gasteiger partial charge in [0.05, 0.1) is 6.10 Å². The molecule has 3 rings (SSSR count). The van der Waals surface area contributed by atoms with Crippen molar-refractivity contribution in [2.75, 3.05) is 26.3 Å². The fraction of sp³-hybridized carbons (Fsp3) is 0.429. The first kappa shape index (κ1) is 17.9. The zero-order valence-corrected chi connectivity index (χ0v) is 14.6. The molecule has 0 amide bonds. The molecular formula is C21H27NO3. The molecule has 1 heterocycles. The van der Waals surface area contributed by atoms with E-state index in [0.717, 1.165) is 38.3 Å². The standard InChI is InChI=1S/C21H27NO3/c23-19(17-25-20-10-5-2-6-11-20)15-22(16-21-12-7-13-24-21)14-18-8-3-1-4-9-18/h1-6,8-11,19,21,23H,7,12-17H2/t19-,21+/m0/s1. The maximum atomic E-state index is 10.4. The van der Waals surface area contributed by atoms with Crippen molar-refractivity contribution in [3.63, 3.8) is 0 Å². The lowest BCUT2D eigenvalue weighted by Gasteiger charge is -2.27. The molecule has 4 heteroatoms. The second kappa shape index (κ2) is 9.56. The highest BCUT2D eigenvalue weighted by Crippen LogP contribution is 2.16. The van der Waals surface area contributed by atoms with Crippen LogP contribution >= 0.6 is 0 Å². The topological polar surface area (TPSA) is 41.9 Å². The molecule has 4 nitrogen and oxygen atoms in total. The van der Waals surface area contributed by atoms with Crippen LogP contribution in [0.5, 0.6) is 5.75 Å². The molecule has 0 saturated carbocycles. The van der Waals surface area contributed by atoms with Gasteiger partial charge in [0.2, 0.25) is 0 Å². The number of nitrogens with zero attached hydrogens (tertiary/aromatic N) is 1. The molecule has 1 fully saturated rings. The molecule has 0 aromatic heterocycles. The van der Waals surface area contributed by atoms with Crippen LogP contribution in [0, 0.1) is 0 Å². The van der Waals surface area contributed by atoms with Gasteiger partial charge in [-0.25, -0.2) is 0 Å². The SMILES string of the molecule is O[C@H](COc1ccccc1)CN(Cc1ccccc1)C[C@H]1CCCO1. The van der Waals surface area contributed by atoms with Crippen molar-refractivity contribution in [1.29, 1.82) is 0 Å². The normalized spacial score (nSPS) is 18.4. The van der Waals surface area contributed by atoms with Crippen LogP contribution in [0.1, 0.15) is 18.4 Å². The maximum absolute atomic E-state index is 10.4. The summed E-state index contributed by atoms with van der Waals surface area (Å²) in [4.78, 5) is 2.27. The molecule has 134 valence electrons. The van der Waals surface area contributed by atoms with Crippen molar-refractivity contribution in [1.82, 2.24) is 4.90 Å². The molecule has 0 aliphatic carbocycles. The average molecular weight is 341 g/mol. The van der Waals surface area contributed by atoms with Crippen LogP contribution in [0.15, 0.2) is 60.7 Å². The van der Waals surface area contributed by atoms with Gasteiger partial charge < -0.3 is 14.6 Å². The van der Waals surface area contributed by atoms with Crippen LogP contribution < -0.4 is 4.74 Å².